The van der Waals surface area contributed by atoms with Crippen molar-refractivity contribution in [3.63, 3.8) is 0 Å². The molecule has 100 valence electrons. The van der Waals surface area contributed by atoms with Crippen LogP contribution in [0.4, 0.5) is 0 Å². The summed E-state index contributed by atoms with van der Waals surface area (Å²) in [6, 6.07) is 0. The molecule has 2 N–H and O–H groups in total. The number of hydrogen-bond donors (Lipinski definition) is 1. The predicted octanol–water partition coefficient (Wildman–Crippen LogP) is 0.853. The van der Waals surface area contributed by atoms with E-state index in [9.17, 15) is 0 Å². The van der Waals surface area contributed by atoms with Crippen LogP contribution in [0.25, 0.3) is 0 Å². The second-order valence-electron chi connectivity index (χ2n) is 5.44. The number of hydrogen-bond acceptors (Lipinski definition) is 4. The van der Waals surface area contributed by atoms with Crippen molar-refractivity contribution in [2.24, 2.45) is 11.1 Å². The van der Waals surface area contributed by atoms with Crippen LogP contribution in [-0.4, -0.2) is 57.0 Å². The van der Waals surface area contributed by atoms with E-state index in [1.807, 2.05) is 0 Å². The molecular formula is C13H26N2O2. The molecule has 0 spiro atoms. The van der Waals surface area contributed by atoms with Gasteiger partial charge < -0.3 is 20.1 Å². The predicted molar refractivity (Wildman–Crippen MR) is 68.0 cm³/mol. The molecule has 2 saturated heterocycles. The molecule has 1 unspecified atom stereocenters. The Morgan fingerprint density at radius 3 is 2.71 bits per heavy atom. The lowest BCUT2D eigenvalue weighted by Crippen LogP contribution is -2.47. The third-order valence-corrected chi connectivity index (χ3v) is 4.11. The van der Waals surface area contributed by atoms with Gasteiger partial charge in [0.1, 0.15) is 0 Å². The summed E-state index contributed by atoms with van der Waals surface area (Å²) in [5.74, 6) is 0. The van der Waals surface area contributed by atoms with Gasteiger partial charge in [0.15, 0.2) is 0 Å². The zero-order valence-corrected chi connectivity index (χ0v) is 11.0. The lowest BCUT2D eigenvalue weighted by molar-refractivity contribution is 0.00342. The van der Waals surface area contributed by atoms with Gasteiger partial charge in [-0.1, -0.05) is 0 Å². The fourth-order valence-corrected chi connectivity index (χ4v) is 2.94. The highest BCUT2D eigenvalue weighted by atomic mass is 16.5. The Kier molecular flexibility index (Phi) is 4.79. The minimum atomic E-state index is 0.221. The third kappa shape index (κ3) is 3.41. The van der Waals surface area contributed by atoms with Gasteiger partial charge in [0, 0.05) is 44.8 Å². The van der Waals surface area contributed by atoms with Crippen molar-refractivity contribution >= 4 is 0 Å². The molecule has 2 aliphatic heterocycles. The van der Waals surface area contributed by atoms with Crippen LogP contribution < -0.4 is 5.73 Å². The van der Waals surface area contributed by atoms with Crippen LogP contribution in [0.15, 0.2) is 0 Å². The van der Waals surface area contributed by atoms with E-state index >= 15 is 0 Å². The fraction of sp³-hybridized carbons (Fsp3) is 1.00. The largest absolute Gasteiger partial charge is 0.381 e. The maximum atomic E-state index is 5.93. The van der Waals surface area contributed by atoms with E-state index in [1.54, 1.807) is 0 Å². The zero-order valence-electron chi connectivity index (χ0n) is 11.0. The van der Waals surface area contributed by atoms with Crippen molar-refractivity contribution in [3.05, 3.63) is 0 Å². The third-order valence-electron chi connectivity index (χ3n) is 4.11. The number of nitrogens with zero attached hydrogens (tertiary/aromatic N) is 1. The van der Waals surface area contributed by atoms with E-state index in [-0.39, 0.29) is 5.41 Å². The van der Waals surface area contributed by atoms with Crippen molar-refractivity contribution in [2.45, 2.75) is 32.3 Å². The van der Waals surface area contributed by atoms with E-state index < -0.39 is 0 Å². The van der Waals surface area contributed by atoms with Crippen LogP contribution in [0, 0.1) is 5.41 Å². The van der Waals surface area contributed by atoms with Crippen molar-refractivity contribution in [3.8, 4) is 0 Å². The Labute approximate surface area is 104 Å². The lowest BCUT2D eigenvalue weighted by atomic mass is 9.86. The molecule has 4 heteroatoms. The quantitative estimate of drug-likeness (QED) is 0.776. The van der Waals surface area contributed by atoms with Crippen LogP contribution in [0.1, 0.15) is 26.2 Å². The Bertz CT molecular complexity index is 221. The number of ether oxygens (including phenoxy) is 2. The first-order valence-electron chi connectivity index (χ1n) is 6.90. The molecule has 0 radical (unpaired) electrons. The van der Waals surface area contributed by atoms with E-state index in [0.717, 1.165) is 65.3 Å². The molecule has 2 rings (SSSR count). The summed E-state index contributed by atoms with van der Waals surface area (Å²) >= 11 is 0. The molecule has 17 heavy (non-hydrogen) atoms. The van der Waals surface area contributed by atoms with E-state index in [0.29, 0.717) is 6.10 Å². The Balaban J connectivity index is 1.77. The highest BCUT2D eigenvalue weighted by Gasteiger charge is 2.36. The summed E-state index contributed by atoms with van der Waals surface area (Å²) < 4.78 is 11.2. The topological polar surface area (TPSA) is 47.7 Å². The van der Waals surface area contributed by atoms with Crippen LogP contribution in [0.3, 0.4) is 0 Å². The van der Waals surface area contributed by atoms with Gasteiger partial charge in [-0.25, -0.2) is 0 Å². The molecule has 0 aliphatic carbocycles. The standard InChI is InChI=1S/C13H26N2O2/c1-2-17-12-3-6-15(7-4-12)10-13(9-14)5-8-16-11-13/h12H,2-11,14H2,1H3. The number of rotatable bonds is 5. The molecule has 0 amide bonds. The zero-order chi connectivity index (χ0) is 12.1. The average molecular weight is 242 g/mol. The molecule has 2 aliphatic rings. The van der Waals surface area contributed by atoms with Crippen molar-refractivity contribution in [1.82, 2.24) is 4.90 Å². The molecule has 1 atom stereocenters. The molecule has 2 heterocycles. The maximum Gasteiger partial charge on any atom is 0.0599 e. The normalized spacial score (nSPS) is 32.1. The average Bonchev–Trinajstić information content (AvgIpc) is 2.81. The summed E-state index contributed by atoms with van der Waals surface area (Å²) in [4.78, 5) is 2.54. The van der Waals surface area contributed by atoms with Crippen molar-refractivity contribution in [1.29, 1.82) is 0 Å². The van der Waals surface area contributed by atoms with Crippen LogP contribution >= 0.6 is 0 Å². The summed E-state index contributed by atoms with van der Waals surface area (Å²) in [6.45, 7) is 8.78. The molecule has 2 fully saturated rings. The lowest BCUT2D eigenvalue weighted by Gasteiger charge is -2.37. The van der Waals surface area contributed by atoms with Crippen LogP contribution in [0.5, 0.6) is 0 Å². The van der Waals surface area contributed by atoms with Gasteiger partial charge in [-0.05, 0) is 26.2 Å². The fourth-order valence-electron chi connectivity index (χ4n) is 2.94. The van der Waals surface area contributed by atoms with Gasteiger partial charge >= 0.3 is 0 Å². The highest BCUT2D eigenvalue weighted by Crippen LogP contribution is 2.29. The Morgan fingerprint density at radius 1 is 1.41 bits per heavy atom. The first kappa shape index (κ1) is 13.3. The minimum absolute atomic E-state index is 0.221. The molecule has 0 bridgehead atoms. The first-order chi connectivity index (χ1) is 8.28. The highest BCUT2D eigenvalue weighted by molar-refractivity contribution is 4.88. The first-order valence-corrected chi connectivity index (χ1v) is 6.90. The molecular weight excluding hydrogens is 216 g/mol. The summed E-state index contributed by atoms with van der Waals surface area (Å²) in [7, 11) is 0. The van der Waals surface area contributed by atoms with E-state index in [4.69, 9.17) is 15.2 Å². The molecule has 0 aromatic heterocycles. The summed E-state index contributed by atoms with van der Waals surface area (Å²) in [5, 5.41) is 0. The second-order valence-corrected chi connectivity index (χ2v) is 5.44. The smallest absolute Gasteiger partial charge is 0.0599 e. The number of piperidine rings is 1. The van der Waals surface area contributed by atoms with Crippen molar-refractivity contribution < 1.29 is 9.47 Å². The van der Waals surface area contributed by atoms with E-state index in [2.05, 4.69) is 11.8 Å². The van der Waals surface area contributed by atoms with Crippen LogP contribution in [0.2, 0.25) is 0 Å². The molecule has 0 aromatic rings. The van der Waals surface area contributed by atoms with Gasteiger partial charge in [0.25, 0.3) is 0 Å². The molecule has 0 aromatic carbocycles. The molecule has 0 saturated carbocycles. The minimum Gasteiger partial charge on any atom is -0.381 e. The molecule has 4 nitrogen and oxygen atoms in total. The monoisotopic (exact) mass is 242 g/mol. The maximum absolute atomic E-state index is 5.93. The summed E-state index contributed by atoms with van der Waals surface area (Å²) in [5.41, 5.74) is 6.15. The van der Waals surface area contributed by atoms with Gasteiger partial charge in [0.05, 0.1) is 12.7 Å². The van der Waals surface area contributed by atoms with Gasteiger partial charge in [0.2, 0.25) is 0 Å². The Hall–Kier alpha value is -0.160. The SMILES string of the molecule is CCOC1CCN(CC2(CN)CCOC2)CC1. The van der Waals surface area contributed by atoms with Crippen molar-refractivity contribution in [2.75, 3.05) is 46.0 Å². The van der Waals surface area contributed by atoms with Gasteiger partial charge in [-0.15, -0.1) is 0 Å². The van der Waals surface area contributed by atoms with Gasteiger partial charge in [-0.3, -0.25) is 0 Å². The number of nitrogens with two attached hydrogens (primary N) is 1. The van der Waals surface area contributed by atoms with Crippen LogP contribution in [-0.2, 0) is 9.47 Å². The number of likely N-dealkylation sites (tertiary alicyclic amines) is 1. The summed E-state index contributed by atoms with van der Waals surface area (Å²) in [6.07, 6.45) is 3.92. The Morgan fingerprint density at radius 2 is 2.18 bits per heavy atom. The second kappa shape index (κ2) is 6.14. The van der Waals surface area contributed by atoms with E-state index in [1.165, 1.54) is 0 Å². The van der Waals surface area contributed by atoms with Gasteiger partial charge in [-0.2, -0.15) is 0 Å².